The number of benzene rings is 1. The number of halogens is 1. The van der Waals surface area contributed by atoms with Gasteiger partial charge >= 0.3 is 0 Å². The molecule has 0 amide bonds. The molecule has 0 spiro atoms. The van der Waals surface area contributed by atoms with Crippen molar-refractivity contribution in [3.05, 3.63) is 35.1 Å². The minimum Gasteiger partial charge on any atom is -0.371 e. The van der Waals surface area contributed by atoms with Gasteiger partial charge in [0.1, 0.15) is 11.9 Å². The minimum atomic E-state index is -1.47. The van der Waals surface area contributed by atoms with Crippen molar-refractivity contribution in [2.24, 2.45) is 0 Å². The Hall–Kier alpha value is -1.40. The molecular weight excluding hydrogens is 169 g/mol. The monoisotopic (exact) mass is 177 g/mol. The van der Waals surface area contributed by atoms with Crippen molar-refractivity contribution in [3.63, 3.8) is 0 Å². The Morgan fingerprint density at radius 3 is 3.00 bits per heavy atom. The maximum atomic E-state index is 13.1. The fraction of sp³-hybridized carbons (Fsp3) is 0.300. The van der Waals surface area contributed by atoms with Gasteiger partial charge in [-0.2, -0.15) is 5.26 Å². The fourth-order valence-corrected chi connectivity index (χ4v) is 1.76. The van der Waals surface area contributed by atoms with Crippen LogP contribution in [0.4, 0.5) is 4.39 Å². The third kappa shape index (κ3) is 1.03. The van der Waals surface area contributed by atoms with E-state index in [0.29, 0.717) is 24.0 Å². The zero-order valence-corrected chi connectivity index (χ0v) is 6.92. The van der Waals surface area contributed by atoms with Gasteiger partial charge in [0.2, 0.25) is 0 Å². The summed E-state index contributed by atoms with van der Waals surface area (Å²) in [6.45, 7) is 0. The molecule has 1 atom stereocenters. The lowest BCUT2D eigenvalue weighted by Crippen LogP contribution is -2.18. The number of rotatable bonds is 0. The third-order valence-electron chi connectivity index (χ3n) is 2.49. The molecule has 0 saturated heterocycles. The van der Waals surface area contributed by atoms with E-state index in [9.17, 15) is 9.50 Å². The SMILES string of the molecule is N#CC1(O)CCc2c(F)cccc21. The number of hydrogen-bond donors (Lipinski definition) is 1. The minimum absolute atomic E-state index is 0.291. The number of aliphatic hydroxyl groups is 1. The maximum Gasteiger partial charge on any atom is 0.177 e. The van der Waals surface area contributed by atoms with Crippen LogP contribution in [0.25, 0.3) is 0 Å². The van der Waals surface area contributed by atoms with E-state index in [1.165, 1.54) is 12.1 Å². The molecule has 66 valence electrons. The summed E-state index contributed by atoms with van der Waals surface area (Å²) >= 11 is 0. The predicted molar refractivity (Wildman–Crippen MR) is 44.2 cm³/mol. The van der Waals surface area contributed by atoms with E-state index in [1.807, 2.05) is 6.07 Å². The summed E-state index contributed by atoms with van der Waals surface area (Å²) in [5.74, 6) is -0.330. The van der Waals surface area contributed by atoms with Crippen molar-refractivity contribution in [1.82, 2.24) is 0 Å². The molecule has 0 bridgehead atoms. The van der Waals surface area contributed by atoms with E-state index in [0.717, 1.165) is 0 Å². The lowest BCUT2D eigenvalue weighted by Gasteiger charge is -2.13. The highest BCUT2D eigenvalue weighted by Crippen LogP contribution is 2.37. The van der Waals surface area contributed by atoms with Crippen LogP contribution in [0.15, 0.2) is 18.2 Å². The summed E-state index contributed by atoms with van der Waals surface area (Å²) in [6.07, 6.45) is 0.728. The highest BCUT2D eigenvalue weighted by Gasteiger charge is 2.37. The van der Waals surface area contributed by atoms with Gasteiger partial charge in [-0.15, -0.1) is 0 Å². The molecule has 0 fully saturated rings. The largest absolute Gasteiger partial charge is 0.371 e. The molecule has 0 radical (unpaired) electrons. The molecule has 1 N–H and O–H groups in total. The molecular formula is C10H8FNO. The molecule has 0 heterocycles. The standard InChI is InChI=1S/C10H8FNO/c11-9-3-1-2-8-7(9)4-5-10(8,13)6-12/h1-3,13H,4-5H2. The quantitative estimate of drug-likeness (QED) is 0.610. The second-order valence-corrected chi connectivity index (χ2v) is 3.24. The van der Waals surface area contributed by atoms with Gasteiger partial charge in [-0.3, -0.25) is 0 Å². The molecule has 3 heteroatoms. The van der Waals surface area contributed by atoms with Crippen LogP contribution in [0.5, 0.6) is 0 Å². The molecule has 1 aliphatic rings. The highest BCUT2D eigenvalue weighted by molar-refractivity contribution is 5.41. The Morgan fingerprint density at radius 1 is 1.54 bits per heavy atom. The number of nitrogens with zero attached hydrogens (tertiary/aromatic N) is 1. The van der Waals surface area contributed by atoms with Crippen molar-refractivity contribution in [3.8, 4) is 6.07 Å². The molecule has 1 unspecified atom stereocenters. The van der Waals surface area contributed by atoms with Crippen molar-refractivity contribution in [2.75, 3.05) is 0 Å². The zero-order valence-electron chi connectivity index (χ0n) is 6.92. The van der Waals surface area contributed by atoms with E-state index in [-0.39, 0.29) is 5.82 Å². The van der Waals surface area contributed by atoms with Gasteiger partial charge in [0.25, 0.3) is 0 Å². The molecule has 0 saturated carbocycles. The molecule has 2 rings (SSSR count). The van der Waals surface area contributed by atoms with Crippen LogP contribution in [0.3, 0.4) is 0 Å². The first-order valence-corrected chi connectivity index (χ1v) is 4.09. The molecule has 1 aromatic rings. The Morgan fingerprint density at radius 2 is 2.31 bits per heavy atom. The maximum absolute atomic E-state index is 13.1. The molecule has 0 aliphatic heterocycles. The smallest absolute Gasteiger partial charge is 0.177 e. The van der Waals surface area contributed by atoms with Crippen molar-refractivity contribution in [1.29, 1.82) is 5.26 Å². The van der Waals surface area contributed by atoms with Crippen LogP contribution in [0.2, 0.25) is 0 Å². The molecule has 1 aromatic carbocycles. The molecule has 1 aliphatic carbocycles. The molecule has 0 aromatic heterocycles. The zero-order chi connectivity index (χ0) is 9.47. The van der Waals surface area contributed by atoms with Gasteiger partial charge in [-0.05, 0) is 24.5 Å². The van der Waals surface area contributed by atoms with E-state index in [1.54, 1.807) is 6.07 Å². The van der Waals surface area contributed by atoms with Crippen LogP contribution in [-0.4, -0.2) is 5.11 Å². The Bertz CT molecular complexity index is 396. The van der Waals surface area contributed by atoms with Gasteiger partial charge in [-0.1, -0.05) is 12.1 Å². The first-order valence-electron chi connectivity index (χ1n) is 4.09. The molecule has 13 heavy (non-hydrogen) atoms. The van der Waals surface area contributed by atoms with Gasteiger partial charge in [0.15, 0.2) is 5.60 Å². The van der Waals surface area contributed by atoms with Crippen LogP contribution in [0, 0.1) is 17.1 Å². The van der Waals surface area contributed by atoms with Crippen LogP contribution in [0.1, 0.15) is 17.5 Å². The Labute approximate surface area is 75.2 Å². The second-order valence-electron chi connectivity index (χ2n) is 3.24. The van der Waals surface area contributed by atoms with E-state index >= 15 is 0 Å². The number of hydrogen-bond acceptors (Lipinski definition) is 2. The lowest BCUT2D eigenvalue weighted by molar-refractivity contribution is 0.1000. The van der Waals surface area contributed by atoms with Gasteiger partial charge in [0, 0.05) is 5.56 Å². The third-order valence-corrected chi connectivity index (χ3v) is 2.49. The molecule has 2 nitrogen and oxygen atoms in total. The van der Waals surface area contributed by atoms with Crippen molar-refractivity contribution in [2.45, 2.75) is 18.4 Å². The van der Waals surface area contributed by atoms with Crippen molar-refractivity contribution < 1.29 is 9.50 Å². The average molecular weight is 177 g/mol. The normalized spacial score (nSPS) is 25.3. The van der Waals surface area contributed by atoms with E-state index < -0.39 is 5.60 Å². The summed E-state index contributed by atoms with van der Waals surface area (Å²) in [5, 5.41) is 18.5. The summed E-state index contributed by atoms with van der Waals surface area (Å²) < 4.78 is 13.1. The summed E-state index contributed by atoms with van der Waals surface area (Å²) in [4.78, 5) is 0. The van der Waals surface area contributed by atoms with Gasteiger partial charge in [0.05, 0.1) is 0 Å². The topological polar surface area (TPSA) is 44.0 Å². The first-order chi connectivity index (χ1) is 6.17. The summed E-state index contributed by atoms with van der Waals surface area (Å²) in [6, 6.07) is 6.28. The summed E-state index contributed by atoms with van der Waals surface area (Å²) in [5.41, 5.74) is -0.571. The van der Waals surface area contributed by atoms with Gasteiger partial charge < -0.3 is 5.11 Å². The van der Waals surface area contributed by atoms with Crippen LogP contribution in [-0.2, 0) is 12.0 Å². The van der Waals surface area contributed by atoms with Gasteiger partial charge in [-0.25, -0.2) is 4.39 Å². The second kappa shape index (κ2) is 2.54. The highest BCUT2D eigenvalue weighted by atomic mass is 19.1. The van der Waals surface area contributed by atoms with Crippen LogP contribution >= 0.6 is 0 Å². The number of nitriles is 1. The Balaban J connectivity index is 2.63. The van der Waals surface area contributed by atoms with Crippen molar-refractivity contribution >= 4 is 0 Å². The Kier molecular flexibility index (Phi) is 1.61. The first kappa shape index (κ1) is 8.21. The summed E-state index contributed by atoms with van der Waals surface area (Å²) in [7, 11) is 0. The number of fused-ring (bicyclic) bond motifs is 1. The van der Waals surface area contributed by atoms with E-state index in [4.69, 9.17) is 5.26 Å². The predicted octanol–water partition coefficient (Wildman–Crippen LogP) is 1.48. The van der Waals surface area contributed by atoms with E-state index in [2.05, 4.69) is 0 Å². The van der Waals surface area contributed by atoms with Crippen LogP contribution < -0.4 is 0 Å². The fourth-order valence-electron chi connectivity index (χ4n) is 1.76. The average Bonchev–Trinajstić information content (AvgIpc) is 2.47. The lowest BCUT2D eigenvalue weighted by atomic mass is 9.98.